The van der Waals surface area contributed by atoms with Crippen LogP contribution in [0.1, 0.15) is 6.92 Å². The zero-order valence-corrected chi connectivity index (χ0v) is 11.7. The van der Waals surface area contributed by atoms with E-state index in [4.69, 9.17) is 11.6 Å². The summed E-state index contributed by atoms with van der Waals surface area (Å²) in [4.78, 5) is 0. The Balaban J connectivity index is 2.53. The fourth-order valence-electron chi connectivity index (χ4n) is 1.69. The Morgan fingerprint density at radius 2 is 1.28 bits per heavy atom. The highest BCUT2D eigenvalue weighted by Crippen LogP contribution is 2.46. The van der Waals surface area contributed by atoms with E-state index in [0.717, 1.165) is 10.6 Å². The van der Waals surface area contributed by atoms with Crippen molar-refractivity contribution in [2.45, 2.75) is 6.92 Å². The van der Waals surface area contributed by atoms with E-state index in [0.29, 0.717) is 4.77 Å². The lowest BCUT2D eigenvalue weighted by atomic mass is 10.4. The minimum absolute atomic E-state index is 0.190. The monoisotopic (exact) mass is 276 g/mol. The molecular formula is C15H14ClOP. The fourth-order valence-corrected chi connectivity index (χ4v) is 4.29. The summed E-state index contributed by atoms with van der Waals surface area (Å²) in [6, 6.07) is 20.1. The smallest absolute Gasteiger partial charge is 0.109 e. The molecule has 0 atom stereocenters. The number of hydrogen-bond donors (Lipinski definition) is 1. The summed E-state index contributed by atoms with van der Waals surface area (Å²) in [5.41, 5.74) is 0. The van der Waals surface area contributed by atoms with Crippen molar-refractivity contribution >= 4 is 30.1 Å². The van der Waals surface area contributed by atoms with Crippen LogP contribution < -0.4 is 10.6 Å². The van der Waals surface area contributed by atoms with Gasteiger partial charge in [0, 0.05) is 7.92 Å². The number of aliphatic hydroxyl groups excluding tert-OH is 1. The third kappa shape index (κ3) is 2.93. The summed E-state index contributed by atoms with van der Waals surface area (Å²) in [7, 11) is -0.856. The van der Waals surface area contributed by atoms with Crippen molar-refractivity contribution < 1.29 is 5.11 Å². The molecule has 0 spiro atoms. The molecule has 2 aromatic carbocycles. The van der Waals surface area contributed by atoms with Crippen LogP contribution in [0.3, 0.4) is 0 Å². The number of allylic oxidation sites excluding steroid dienone is 1. The van der Waals surface area contributed by atoms with Crippen molar-refractivity contribution in [2.75, 3.05) is 0 Å². The first-order valence-electron chi connectivity index (χ1n) is 5.65. The molecule has 0 aromatic heterocycles. The van der Waals surface area contributed by atoms with E-state index in [2.05, 4.69) is 0 Å². The van der Waals surface area contributed by atoms with Crippen LogP contribution in [0, 0.1) is 0 Å². The van der Waals surface area contributed by atoms with Gasteiger partial charge in [0.05, 0.1) is 4.77 Å². The largest absolute Gasteiger partial charge is 0.511 e. The Morgan fingerprint density at radius 3 is 1.61 bits per heavy atom. The molecule has 2 rings (SSSR count). The van der Waals surface area contributed by atoms with Crippen molar-refractivity contribution in [2.24, 2.45) is 0 Å². The predicted molar refractivity (Wildman–Crippen MR) is 80.3 cm³/mol. The van der Waals surface area contributed by atoms with Crippen molar-refractivity contribution in [3.05, 3.63) is 71.2 Å². The molecule has 0 radical (unpaired) electrons. The summed E-state index contributed by atoms with van der Waals surface area (Å²) in [6.07, 6.45) is 0. The van der Waals surface area contributed by atoms with Crippen LogP contribution in [-0.4, -0.2) is 5.11 Å². The first-order chi connectivity index (χ1) is 8.70. The average Bonchev–Trinajstić information content (AvgIpc) is 2.41. The van der Waals surface area contributed by atoms with Crippen LogP contribution in [0.25, 0.3) is 0 Å². The van der Waals surface area contributed by atoms with E-state index in [1.54, 1.807) is 6.92 Å². The van der Waals surface area contributed by atoms with Crippen LogP contribution >= 0.6 is 19.5 Å². The Kier molecular flexibility index (Phi) is 4.41. The average molecular weight is 277 g/mol. The molecule has 0 bridgehead atoms. The quantitative estimate of drug-likeness (QED) is 0.661. The molecule has 2 aromatic rings. The maximum absolute atomic E-state index is 9.68. The summed E-state index contributed by atoms with van der Waals surface area (Å²) in [5.74, 6) is 0.190. The van der Waals surface area contributed by atoms with Crippen LogP contribution in [0.2, 0.25) is 0 Å². The molecule has 0 amide bonds. The van der Waals surface area contributed by atoms with Gasteiger partial charge >= 0.3 is 0 Å². The molecule has 3 heteroatoms. The van der Waals surface area contributed by atoms with Gasteiger partial charge in [-0.15, -0.1) is 0 Å². The molecule has 1 nitrogen and oxygen atoms in total. The lowest BCUT2D eigenvalue weighted by Gasteiger charge is -2.18. The third-order valence-electron chi connectivity index (χ3n) is 2.52. The van der Waals surface area contributed by atoms with Crippen molar-refractivity contribution in [1.82, 2.24) is 0 Å². The molecule has 0 saturated heterocycles. The maximum Gasteiger partial charge on any atom is 0.109 e. The van der Waals surface area contributed by atoms with Crippen molar-refractivity contribution in [3.8, 4) is 0 Å². The number of aliphatic hydroxyl groups is 1. The number of hydrogen-bond acceptors (Lipinski definition) is 1. The number of rotatable bonds is 3. The van der Waals surface area contributed by atoms with E-state index < -0.39 is 7.92 Å². The van der Waals surface area contributed by atoms with E-state index in [-0.39, 0.29) is 5.76 Å². The Morgan fingerprint density at radius 1 is 0.889 bits per heavy atom. The standard InChI is InChI=1S/C15H14ClOP/c1-12(17)15(16)18(13-8-4-2-5-9-13)14-10-6-3-7-11-14/h2-11,17H,1H3/b15-12-. The third-order valence-corrected chi connectivity index (χ3v) is 5.65. The SMILES string of the molecule is C/C(O)=C(\Cl)P(c1ccccc1)c1ccccc1. The van der Waals surface area contributed by atoms with E-state index in [9.17, 15) is 5.11 Å². The van der Waals surface area contributed by atoms with Gasteiger partial charge in [-0.3, -0.25) is 0 Å². The molecule has 0 aliphatic carbocycles. The highest BCUT2D eigenvalue weighted by molar-refractivity contribution is 7.78. The van der Waals surface area contributed by atoms with Crippen LogP contribution in [-0.2, 0) is 0 Å². The molecule has 0 aliphatic heterocycles. The van der Waals surface area contributed by atoms with Gasteiger partial charge in [-0.1, -0.05) is 72.3 Å². The molecule has 1 N–H and O–H groups in total. The predicted octanol–water partition coefficient (Wildman–Crippen LogP) is 4.11. The number of benzene rings is 2. The minimum Gasteiger partial charge on any atom is -0.511 e. The Labute approximate surface area is 113 Å². The lowest BCUT2D eigenvalue weighted by molar-refractivity contribution is 0.414. The van der Waals surface area contributed by atoms with Gasteiger partial charge in [-0.05, 0) is 17.5 Å². The van der Waals surface area contributed by atoms with Gasteiger partial charge < -0.3 is 5.11 Å². The molecular weight excluding hydrogens is 263 g/mol. The summed E-state index contributed by atoms with van der Waals surface area (Å²) >= 11 is 6.31. The van der Waals surface area contributed by atoms with Gasteiger partial charge in [0.25, 0.3) is 0 Å². The first kappa shape index (κ1) is 13.1. The first-order valence-corrected chi connectivity index (χ1v) is 7.37. The molecule has 18 heavy (non-hydrogen) atoms. The highest BCUT2D eigenvalue weighted by atomic mass is 35.5. The summed E-state index contributed by atoms with van der Waals surface area (Å²) in [5, 5.41) is 12.0. The maximum atomic E-state index is 9.68. The van der Waals surface area contributed by atoms with Gasteiger partial charge in [0.15, 0.2) is 0 Å². The van der Waals surface area contributed by atoms with Gasteiger partial charge in [0.2, 0.25) is 0 Å². The second-order valence-corrected chi connectivity index (χ2v) is 6.68. The minimum atomic E-state index is -0.856. The van der Waals surface area contributed by atoms with Gasteiger partial charge in [0.1, 0.15) is 5.76 Å². The van der Waals surface area contributed by atoms with E-state index in [1.807, 2.05) is 60.7 Å². The zero-order chi connectivity index (χ0) is 13.0. The van der Waals surface area contributed by atoms with E-state index in [1.165, 1.54) is 0 Å². The zero-order valence-electron chi connectivity index (χ0n) is 10.0. The van der Waals surface area contributed by atoms with Crippen molar-refractivity contribution in [1.29, 1.82) is 0 Å². The molecule has 0 saturated carbocycles. The molecule has 0 heterocycles. The number of halogens is 1. The summed E-state index contributed by atoms with van der Waals surface area (Å²) < 4.78 is 0.530. The van der Waals surface area contributed by atoms with E-state index >= 15 is 0 Å². The Bertz CT molecular complexity index is 493. The topological polar surface area (TPSA) is 20.2 Å². The van der Waals surface area contributed by atoms with Crippen molar-refractivity contribution in [3.63, 3.8) is 0 Å². The molecule has 0 fully saturated rings. The van der Waals surface area contributed by atoms with Crippen LogP contribution in [0.4, 0.5) is 0 Å². The normalized spacial score (nSPS) is 12.4. The highest BCUT2D eigenvalue weighted by Gasteiger charge is 2.19. The fraction of sp³-hybridized carbons (Fsp3) is 0.0667. The summed E-state index contributed by atoms with van der Waals surface area (Å²) in [6.45, 7) is 1.63. The van der Waals surface area contributed by atoms with Gasteiger partial charge in [-0.2, -0.15) is 0 Å². The second kappa shape index (κ2) is 6.04. The molecule has 0 unspecified atom stereocenters. The van der Waals surface area contributed by atoms with Crippen LogP contribution in [0.15, 0.2) is 71.2 Å². The Hall–Kier alpha value is -1.30. The van der Waals surface area contributed by atoms with Gasteiger partial charge in [-0.25, -0.2) is 0 Å². The lowest BCUT2D eigenvalue weighted by Crippen LogP contribution is -2.11. The molecule has 92 valence electrons. The second-order valence-electron chi connectivity index (χ2n) is 3.88. The molecule has 0 aliphatic rings. The van der Waals surface area contributed by atoms with Crippen LogP contribution in [0.5, 0.6) is 0 Å².